The summed E-state index contributed by atoms with van der Waals surface area (Å²) in [6, 6.07) is 14.7. The van der Waals surface area contributed by atoms with Crippen LogP contribution >= 0.6 is 11.3 Å². The zero-order valence-corrected chi connectivity index (χ0v) is 20.5. The van der Waals surface area contributed by atoms with Crippen molar-refractivity contribution in [2.24, 2.45) is 0 Å². The lowest BCUT2D eigenvalue weighted by atomic mass is 10.1. The molecule has 4 aromatic rings. The van der Waals surface area contributed by atoms with E-state index in [-0.39, 0.29) is 0 Å². The Hall–Kier alpha value is -3.03. The number of thiophene rings is 1. The molecule has 0 aliphatic carbocycles. The maximum atomic E-state index is 5.03. The first kappa shape index (κ1) is 21.5. The summed E-state index contributed by atoms with van der Waals surface area (Å²) in [6.07, 6.45) is 6.82. The zero-order chi connectivity index (χ0) is 22.9. The largest absolute Gasteiger partial charge is 0.356 e. The third kappa shape index (κ3) is 4.14. The van der Waals surface area contributed by atoms with Crippen molar-refractivity contribution < 1.29 is 0 Å². The maximum absolute atomic E-state index is 5.03. The fourth-order valence-electron chi connectivity index (χ4n) is 5.17. The van der Waals surface area contributed by atoms with Gasteiger partial charge in [-0.1, -0.05) is 24.3 Å². The first-order valence-corrected chi connectivity index (χ1v) is 13.1. The highest BCUT2D eigenvalue weighted by molar-refractivity contribution is 7.13. The van der Waals surface area contributed by atoms with Crippen molar-refractivity contribution in [3.63, 3.8) is 0 Å². The fourth-order valence-corrected chi connectivity index (χ4v) is 5.83. The number of nitrogens with zero attached hydrogens (tertiary/aromatic N) is 6. The minimum Gasteiger partial charge on any atom is -0.356 e. The van der Waals surface area contributed by atoms with Crippen molar-refractivity contribution in [3.8, 4) is 16.4 Å². The van der Waals surface area contributed by atoms with E-state index in [1.165, 1.54) is 41.9 Å². The van der Waals surface area contributed by atoms with Crippen LogP contribution in [0.5, 0.6) is 0 Å². The summed E-state index contributed by atoms with van der Waals surface area (Å²) in [5.74, 6) is 2.13. The molecule has 0 bridgehead atoms. The van der Waals surface area contributed by atoms with Gasteiger partial charge in [0, 0.05) is 56.5 Å². The van der Waals surface area contributed by atoms with E-state index in [2.05, 4.69) is 74.2 Å². The highest BCUT2D eigenvalue weighted by atomic mass is 32.1. The van der Waals surface area contributed by atoms with Crippen LogP contribution in [0.3, 0.4) is 0 Å². The summed E-state index contributed by atoms with van der Waals surface area (Å²) in [6.45, 7) is 7.16. The van der Waals surface area contributed by atoms with Gasteiger partial charge in [0.2, 0.25) is 0 Å². The van der Waals surface area contributed by atoms with Gasteiger partial charge < -0.3 is 4.90 Å². The number of hydrogen-bond acceptors (Lipinski definition) is 6. The lowest BCUT2D eigenvalue weighted by molar-refractivity contribution is 0.242. The number of fused-ring (bicyclic) bond motifs is 1. The highest BCUT2D eigenvalue weighted by Crippen LogP contribution is 2.32. The van der Waals surface area contributed by atoms with Gasteiger partial charge in [0.15, 0.2) is 5.82 Å². The van der Waals surface area contributed by atoms with E-state index in [0.717, 1.165) is 61.2 Å². The van der Waals surface area contributed by atoms with Crippen molar-refractivity contribution in [2.75, 3.05) is 24.5 Å². The molecule has 6 nitrogen and oxygen atoms in total. The number of hydrogen-bond donors (Lipinski definition) is 0. The van der Waals surface area contributed by atoms with Crippen molar-refractivity contribution in [1.29, 1.82) is 0 Å². The van der Waals surface area contributed by atoms with E-state index >= 15 is 0 Å². The summed E-state index contributed by atoms with van der Waals surface area (Å²) < 4.78 is 2.17. The van der Waals surface area contributed by atoms with Gasteiger partial charge in [0.1, 0.15) is 5.82 Å². The van der Waals surface area contributed by atoms with Gasteiger partial charge in [0.25, 0.3) is 0 Å². The van der Waals surface area contributed by atoms with Crippen LogP contribution in [0.4, 0.5) is 5.82 Å². The van der Waals surface area contributed by atoms with Crippen molar-refractivity contribution in [3.05, 3.63) is 76.6 Å². The SMILES string of the molecule is Cc1nn(-c2ccccc2)c(N2CCCCC2)c1CN1CCc2nc(-c3cccs3)ncc2C1. The average molecular weight is 471 g/mol. The van der Waals surface area contributed by atoms with Crippen LogP contribution in [0.2, 0.25) is 0 Å². The topological polar surface area (TPSA) is 50.1 Å². The Morgan fingerprint density at radius 1 is 0.971 bits per heavy atom. The molecule has 34 heavy (non-hydrogen) atoms. The van der Waals surface area contributed by atoms with Crippen LogP contribution in [-0.2, 0) is 19.5 Å². The third-order valence-corrected chi connectivity index (χ3v) is 7.82. The molecule has 174 valence electrons. The van der Waals surface area contributed by atoms with E-state index in [1.54, 1.807) is 11.3 Å². The van der Waals surface area contributed by atoms with Crippen LogP contribution in [0.15, 0.2) is 54.0 Å². The molecule has 2 aliphatic rings. The lowest BCUT2D eigenvalue weighted by Crippen LogP contribution is -2.34. The van der Waals surface area contributed by atoms with E-state index in [4.69, 9.17) is 10.1 Å². The summed E-state index contributed by atoms with van der Waals surface area (Å²) in [4.78, 5) is 15.8. The average Bonchev–Trinajstić information content (AvgIpc) is 3.54. The Labute approximate surface area is 204 Å². The van der Waals surface area contributed by atoms with Gasteiger partial charge in [-0.25, -0.2) is 14.6 Å². The number of para-hydroxylation sites is 1. The number of benzene rings is 1. The number of aryl methyl sites for hydroxylation is 1. The second-order valence-electron chi connectivity index (χ2n) is 9.29. The van der Waals surface area contributed by atoms with Gasteiger partial charge in [-0.3, -0.25) is 4.90 Å². The predicted octanol–water partition coefficient (Wildman–Crippen LogP) is 5.25. The van der Waals surface area contributed by atoms with E-state index in [0.29, 0.717) is 0 Å². The monoisotopic (exact) mass is 470 g/mol. The van der Waals surface area contributed by atoms with Crippen molar-refractivity contribution in [2.45, 2.75) is 45.7 Å². The number of piperidine rings is 1. The molecule has 0 spiro atoms. The molecule has 6 rings (SSSR count). The van der Waals surface area contributed by atoms with Crippen molar-refractivity contribution >= 4 is 17.2 Å². The summed E-state index contributed by atoms with van der Waals surface area (Å²) in [7, 11) is 0. The second-order valence-corrected chi connectivity index (χ2v) is 10.2. The minimum atomic E-state index is 0.856. The lowest BCUT2D eigenvalue weighted by Gasteiger charge is -2.32. The number of aromatic nitrogens is 4. The number of rotatable bonds is 5. The Balaban J connectivity index is 1.29. The van der Waals surface area contributed by atoms with Gasteiger partial charge in [0.05, 0.1) is 22.0 Å². The fraction of sp³-hybridized carbons (Fsp3) is 0.370. The molecule has 7 heteroatoms. The zero-order valence-electron chi connectivity index (χ0n) is 19.7. The number of anilines is 1. The Bertz CT molecular complexity index is 1260. The van der Waals surface area contributed by atoms with Gasteiger partial charge in [-0.2, -0.15) is 5.10 Å². The third-order valence-electron chi connectivity index (χ3n) is 6.95. The Morgan fingerprint density at radius 3 is 2.62 bits per heavy atom. The minimum absolute atomic E-state index is 0.856. The van der Waals surface area contributed by atoms with Crippen LogP contribution < -0.4 is 4.90 Å². The molecular formula is C27H30N6S. The molecule has 5 heterocycles. The molecule has 0 radical (unpaired) electrons. The highest BCUT2D eigenvalue weighted by Gasteiger charge is 2.26. The smallest absolute Gasteiger partial charge is 0.169 e. The quantitative estimate of drug-likeness (QED) is 0.399. The van der Waals surface area contributed by atoms with Gasteiger partial charge in [-0.05, 0) is 49.8 Å². The van der Waals surface area contributed by atoms with Gasteiger partial charge in [-0.15, -0.1) is 11.3 Å². The Morgan fingerprint density at radius 2 is 1.82 bits per heavy atom. The predicted molar refractivity (Wildman–Crippen MR) is 138 cm³/mol. The summed E-state index contributed by atoms with van der Waals surface area (Å²) >= 11 is 1.70. The molecule has 0 unspecified atom stereocenters. The molecule has 0 N–H and O–H groups in total. The molecule has 1 aromatic carbocycles. The first-order chi connectivity index (χ1) is 16.8. The molecule has 2 aliphatic heterocycles. The molecule has 0 saturated carbocycles. The maximum Gasteiger partial charge on any atom is 0.169 e. The van der Waals surface area contributed by atoms with Crippen molar-refractivity contribution in [1.82, 2.24) is 24.6 Å². The summed E-state index contributed by atoms with van der Waals surface area (Å²) in [5.41, 5.74) is 6.06. The molecule has 0 atom stereocenters. The normalized spacial score (nSPS) is 16.6. The van der Waals surface area contributed by atoms with Crippen LogP contribution in [0, 0.1) is 6.92 Å². The molecule has 3 aromatic heterocycles. The van der Waals surface area contributed by atoms with Gasteiger partial charge >= 0.3 is 0 Å². The van der Waals surface area contributed by atoms with Crippen LogP contribution in [0.1, 0.15) is 41.8 Å². The first-order valence-electron chi connectivity index (χ1n) is 12.3. The molecule has 1 saturated heterocycles. The second kappa shape index (κ2) is 9.31. The summed E-state index contributed by atoms with van der Waals surface area (Å²) in [5, 5.41) is 7.11. The van der Waals surface area contributed by atoms with Crippen LogP contribution in [-0.4, -0.2) is 44.3 Å². The standard InChI is InChI=1S/C27H30N6S/c1-20-23(27(32-13-6-3-7-14-32)33(30-20)22-9-4-2-5-10-22)19-31-15-12-24-21(18-31)17-28-26(29-24)25-11-8-16-34-25/h2,4-5,8-11,16-17H,3,6-7,12-15,18-19H2,1H3. The van der Waals surface area contributed by atoms with E-state index in [9.17, 15) is 0 Å². The molecule has 1 fully saturated rings. The molecule has 0 amide bonds. The Kier molecular flexibility index (Phi) is 5.89. The van der Waals surface area contributed by atoms with Crippen LogP contribution in [0.25, 0.3) is 16.4 Å². The van der Waals surface area contributed by atoms with E-state index in [1.807, 2.05) is 6.20 Å². The van der Waals surface area contributed by atoms with E-state index < -0.39 is 0 Å². The molecular weight excluding hydrogens is 440 g/mol.